The van der Waals surface area contributed by atoms with Crippen LogP contribution in [0.5, 0.6) is 0 Å². The number of amides is 3. The molecular formula is C18H23N3O2. The number of carbonyl (C=O) groups is 2. The Bertz CT molecular complexity index is 612. The second-order valence-corrected chi connectivity index (χ2v) is 6.26. The van der Waals surface area contributed by atoms with Gasteiger partial charge in [-0.2, -0.15) is 0 Å². The molecule has 0 spiro atoms. The van der Waals surface area contributed by atoms with E-state index in [2.05, 4.69) is 23.5 Å². The minimum absolute atomic E-state index is 0.0284. The fraction of sp³-hybridized carbons (Fsp3) is 0.444. The van der Waals surface area contributed by atoms with Crippen molar-refractivity contribution in [3.63, 3.8) is 0 Å². The number of hydrogen-bond donors (Lipinski definition) is 1. The molecule has 1 fully saturated rings. The van der Waals surface area contributed by atoms with E-state index in [9.17, 15) is 9.59 Å². The summed E-state index contributed by atoms with van der Waals surface area (Å²) >= 11 is 0. The lowest BCUT2D eigenvalue weighted by Crippen LogP contribution is -2.52. The third-order valence-corrected chi connectivity index (χ3v) is 4.54. The molecule has 2 aliphatic heterocycles. The van der Waals surface area contributed by atoms with Crippen LogP contribution in [0.2, 0.25) is 0 Å². The lowest BCUT2D eigenvalue weighted by atomic mass is 10.0. The topological polar surface area (TPSA) is 52.7 Å². The number of hydrogen-bond acceptors (Lipinski definition) is 2. The molecule has 23 heavy (non-hydrogen) atoms. The average molecular weight is 313 g/mol. The maximum absolute atomic E-state index is 12.5. The maximum atomic E-state index is 12.5. The van der Waals surface area contributed by atoms with Gasteiger partial charge in [0.25, 0.3) is 0 Å². The van der Waals surface area contributed by atoms with Crippen LogP contribution in [0.25, 0.3) is 5.57 Å². The summed E-state index contributed by atoms with van der Waals surface area (Å²) in [6.07, 6.45) is 4.33. The lowest BCUT2D eigenvalue weighted by Gasteiger charge is -2.33. The number of nitrogens with one attached hydrogen (secondary N) is 1. The quantitative estimate of drug-likeness (QED) is 0.909. The van der Waals surface area contributed by atoms with Crippen LogP contribution in [0.15, 0.2) is 36.4 Å². The average Bonchev–Trinajstić information content (AvgIpc) is 2.59. The van der Waals surface area contributed by atoms with Crippen molar-refractivity contribution in [3.05, 3.63) is 42.0 Å². The van der Waals surface area contributed by atoms with Crippen LogP contribution in [0.4, 0.5) is 4.79 Å². The monoisotopic (exact) mass is 313 g/mol. The number of carbonyl (C=O) groups excluding carboxylic acids is 2. The van der Waals surface area contributed by atoms with Crippen molar-refractivity contribution in [2.75, 3.05) is 26.7 Å². The van der Waals surface area contributed by atoms with Gasteiger partial charge in [-0.05, 0) is 24.0 Å². The molecule has 0 saturated carbocycles. The summed E-state index contributed by atoms with van der Waals surface area (Å²) in [5.41, 5.74) is 2.37. The standard InChI is InChI=1S/C18H23N3O2/c1-20-13-16(9-10-17(20)22)19-18(23)21-11-5-8-15(12-21)14-6-3-2-4-7-14/h2-4,6-8,16H,5,9-13H2,1H3,(H,19,23)/t16-/m0/s1. The molecule has 0 bridgehead atoms. The third-order valence-electron chi connectivity index (χ3n) is 4.54. The van der Waals surface area contributed by atoms with Crippen LogP contribution in [-0.4, -0.2) is 54.5 Å². The fourth-order valence-electron chi connectivity index (χ4n) is 3.17. The summed E-state index contributed by atoms with van der Waals surface area (Å²) in [6.45, 7) is 1.97. The predicted molar refractivity (Wildman–Crippen MR) is 89.8 cm³/mol. The molecule has 0 unspecified atom stereocenters. The molecule has 5 heteroatoms. The molecule has 1 aromatic carbocycles. The molecule has 2 aliphatic rings. The molecule has 3 amide bonds. The Balaban J connectivity index is 1.58. The second kappa shape index (κ2) is 6.86. The van der Waals surface area contributed by atoms with Gasteiger partial charge in [0.2, 0.25) is 5.91 Å². The number of urea groups is 1. The van der Waals surface area contributed by atoms with Crippen LogP contribution < -0.4 is 5.32 Å². The van der Waals surface area contributed by atoms with Gasteiger partial charge in [-0.1, -0.05) is 36.4 Å². The highest BCUT2D eigenvalue weighted by atomic mass is 16.2. The highest BCUT2D eigenvalue weighted by molar-refractivity contribution is 5.80. The van der Waals surface area contributed by atoms with Crippen LogP contribution >= 0.6 is 0 Å². The zero-order chi connectivity index (χ0) is 16.2. The van der Waals surface area contributed by atoms with Gasteiger partial charge in [0, 0.05) is 39.1 Å². The first-order valence-corrected chi connectivity index (χ1v) is 8.17. The largest absolute Gasteiger partial charge is 0.344 e. The molecule has 122 valence electrons. The summed E-state index contributed by atoms with van der Waals surface area (Å²) in [5, 5.41) is 3.08. The molecule has 1 atom stereocenters. The Morgan fingerprint density at radius 1 is 1.26 bits per heavy atom. The van der Waals surface area contributed by atoms with Gasteiger partial charge >= 0.3 is 6.03 Å². The second-order valence-electron chi connectivity index (χ2n) is 6.26. The number of piperidine rings is 1. The van der Waals surface area contributed by atoms with Crippen molar-refractivity contribution >= 4 is 17.5 Å². The fourth-order valence-corrected chi connectivity index (χ4v) is 3.17. The van der Waals surface area contributed by atoms with Gasteiger partial charge in [-0.15, -0.1) is 0 Å². The minimum atomic E-state index is -0.0284. The smallest absolute Gasteiger partial charge is 0.317 e. The number of benzene rings is 1. The summed E-state index contributed by atoms with van der Waals surface area (Å²) in [6, 6.07) is 10.2. The Kier molecular flexibility index (Phi) is 4.65. The Morgan fingerprint density at radius 2 is 2.04 bits per heavy atom. The zero-order valence-corrected chi connectivity index (χ0v) is 13.5. The van der Waals surface area contributed by atoms with Crippen molar-refractivity contribution in [2.24, 2.45) is 0 Å². The van der Waals surface area contributed by atoms with Crippen molar-refractivity contribution in [2.45, 2.75) is 25.3 Å². The van der Waals surface area contributed by atoms with Crippen LogP contribution in [-0.2, 0) is 4.79 Å². The van der Waals surface area contributed by atoms with E-state index in [-0.39, 0.29) is 18.0 Å². The molecule has 0 aromatic heterocycles. The lowest BCUT2D eigenvalue weighted by molar-refractivity contribution is -0.132. The van der Waals surface area contributed by atoms with Crippen LogP contribution in [0, 0.1) is 0 Å². The number of likely N-dealkylation sites (tertiary alicyclic amines) is 1. The van der Waals surface area contributed by atoms with Crippen molar-refractivity contribution in [3.8, 4) is 0 Å². The van der Waals surface area contributed by atoms with E-state index in [1.165, 1.54) is 11.1 Å². The molecule has 5 nitrogen and oxygen atoms in total. The predicted octanol–water partition coefficient (Wildman–Crippen LogP) is 2.11. The Hall–Kier alpha value is -2.30. The van der Waals surface area contributed by atoms with E-state index in [1.807, 2.05) is 23.1 Å². The highest BCUT2D eigenvalue weighted by Crippen LogP contribution is 2.21. The van der Waals surface area contributed by atoms with Gasteiger partial charge in [0.1, 0.15) is 0 Å². The van der Waals surface area contributed by atoms with Crippen LogP contribution in [0.1, 0.15) is 24.8 Å². The summed E-state index contributed by atoms with van der Waals surface area (Å²) in [5.74, 6) is 0.155. The van der Waals surface area contributed by atoms with Gasteiger partial charge < -0.3 is 15.1 Å². The molecule has 3 rings (SSSR count). The molecule has 2 heterocycles. The van der Waals surface area contributed by atoms with E-state index < -0.39 is 0 Å². The van der Waals surface area contributed by atoms with E-state index in [0.717, 1.165) is 19.4 Å². The maximum Gasteiger partial charge on any atom is 0.317 e. The SMILES string of the molecule is CN1C[C@@H](NC(=O)N2CCC=C(c3ccccc3)C2)CCC1=O. The number of nitrogens with zero attached hydrogens (tertiary/aromatic N) is 2. The minimum Gasteiger partial charge on any atom is -0.344 e. The van der Waals surface area contributed by atoms with Gasteiger partial charge in [-0.25, -0.2) is 4.79 Å². The van der Waals surface area contributed by atoms with Crippen molar-refractivity contribution in [1.82, 2.24) is 15.1 Å². The summed E-state index contributed by atoms with van der Waals surface area (Å²) in [4.78, 5) is 27.6. The third kappa shape index (κ3) is 3.73. The first-order chi connectivity index (χ1) is 11.1. The molecule has 1 aromatic rings. The van der Waals surface area contributed by atoms with E-state index in [4.69, 9.17) is 0 Å². The Morgan fingerprint density at radius 3 is 2.78 bits per heavy atom. The molecule has 1 N–H and O–H groups in total. The van der Waals surface area contributed by atoms with E-state index in [1.54, 1.807) is 11.9 Å². The van der Waals surface area contributed by atoms with E-state index in [0.29, 0.717) is 19.5 Å². The molecular weight excluding hydrogens is 290 g/mol. The summed E-state index contributed by atoms with van der Waals surface area (Å²) in [7, 11) is 1.79. The highest BCUT2D eigenvalue weighted by Gasteiger charge is 2.26. The van der Waals surface area contributed by atoms with Gasteiger partial charge in [0.05, 0.1) is 0 Å². The van der Waals surface area contributed by atoms with Crippen LogP contribution in [0.3, 0.4) is 0 Å². The van der Waals surface area contributed by atoms with E-state index >= 15 is 0 Å². The molecule has 0 aliphatic carbocycles. The Labute approximate surface area is 137 Å². The van der Waals surface area contributed by atoms with Crippen molar-refractivity contribution < 1.29 is 9.59 Å². The van der Waals surface area contributed by atoms with Gasteiger partial charge in [0.15, 0.2) is 0 Å². The normalized spacial score (nSPS) is 21.9. The first kappa shape index (κ1) is 15.6. The summed E-state index contributed by atoms with van der Waals surface area (Å²) < 4.78 is 0. The zero-order valence-electron chi connectivity index (χ0n) is 13.5. The first-order valence-electron chi connectivity index (χ1n) is 8.17. The number of rotatable bonds is 2. The van der Waals surface area contributed by atoms with Crippen molar-refractivity contribution in [1.29, 1.82) is 0 Å². The molecule has 0 radical (unpaired) electrons. The van der Waals surface area contributed by atoms with Gasteiger partial charge in [-0.3, -0.25) is 4.79 Å². The molecule has 1 saturated heterocycles. The number of likely N-dealkylation sites (N-methyl/N-ethyl adjacent to an activating group) is 1.